The molecular weight excluding hydrogens is 218 g/mol. The Morgan fingerprint density at radius 1 is 1.38 bits per heavy atom. The molecule has 3 nitrogen and oxygen atoms in total. The average Bonchev–Trinajstić information content (AvgIpc) is 2.38. The second-order valence-corrected chi connectivity index (χ2v) is 5.09. The second-order valence-electron chi connectivity index (χ2n) is 3.87. The summed E-state index contributed by atoms with van der Waals surface area (Å²) in [5, 5.41) is 3.31. The lowest BCUT2D eigenvalue weighted by Crippen LogP contribution is -2.33. The average molecular weight is 237 g/mol. The van der Waals surface area contributed by atoms with Gasteiger partial charge in [0.05, 0.1) is 5.69 Å². The van der Waals surface area contributed by atoms with Crippen LogP contribution in [0.3, 0.4) is 0 Å². The van der Waals surface area contributed by atoms with Crippen LogP contribution < -0.4 is 10.2 Å². The van der Waals surface area contributed by atoms with Gasteiger partial charge in [0.25, 0.3) is 0 Å². The Balaban J connectivity index is 2.02. The third-order valence-corrected chi connectivity index (χ3v) is 3.63. The van der Waals surface area contributed by atoms with Gasteiger partial charge in [-0.15, -0.1) is 0 Å². The number of anilines is 1. The lowest BCUT2D eigenvalue weighted by molar-refractivity contribution is 0.707. The van der Waals surface area contributed by atoms with Gasteiger partial charge in [-0.25, -0.2) is 4.98 Å². The molecule has 16 heavy (non-hydrogen) atoms. The van der Waals surface area contributed by atoms with Crippen molar-refractivity contribution in [2.75, 3.05) is 36.0 Å². The monoisotopic (exact) mass is 237 g/mol. The fraction of sp³-hybridized carbons (Fsp3) is 0.583. The van der Waals surface area contributed by atoms with E-state index in [1.807, 2.05) is 11.8 Å². The standard InChI is InChI=1S/C12H19N3S/c1-2-13-10-11-4-3-5-12(14-11)15-6-8-16-9-7-15/h3-5,13H,2,6-10H2,1H3. The molecule has 1 aromatic rings. The summed E-state index contributed by atoms with van der Waals surface area (Å²) in [6.07, 6.45) is 0. The van der Waals surface area contributed by atoms with E-state index in [4.69, 9.17) is 0 Å². The van der Waals surface area contributed by atoms with E-state index in [1.54, 1.807) is 0 Å². The first-order chi connectivity index (χ1) is 7.90. The Morgan fingerprint density at radius 3 is 2.94 bits per heavy atom. The van der Waals surface area contributed by atoms with Crippen LogP contribution in [0.4, 0.5) is 5.82 Å². The largest absolute Gasteiger partial charge is 0.355 e. The molecule has 1 aromatic heterocycles. The molecule has 2 heterocycles. The molecule has 4 heteroatoms. The van der Waals surface area contributed by atoms with E-state index >= 15 is 0 Å². The lowest BCUT2D eigenvalue weighted by atomic mass is 10.3. The molecule has 1 fully saturated rings. The molecule has 0 spiro atoms. The highest BCUT2D eigenvalue weighted by atomic mass is 32.2. The summed E-state index contributed by atoms with van der Waals surface area (Å²) >= 11 is 2.03. The highest BCUT2D eigenvalue weighted by molar-refractivity contribution is 7.99. The van der Waals surface area contributed by atoms with Gasteiger partial charge in [0.15, 0.2) is 0 Å². The summed E-state index contributed by atoms with van der Waals surface area (Å²) in [4.78, 5) is 7.07. The Kier molecular flexibility index (Phi) is 4.48. The number of pyridine rings is 1. The first kappa shape index (κ1) is 11.7. The molecule has 0 bridgehead atoms. The fourth-order valence-electron chi connectivity index (χ4n) is 1.79. The number of hydrogen-bond donors (Lipinski definition) is 1. The number of nitrogens with one attached hydrogen (secondary N) is 1. The van der Waals surface area contributed by atoms with Gasteiger partial charge in [-0.3, -0.25) is 0 Å². The van der Waals surface area contributed by atoms with Gasteiger partial charge in [-0.05, 0) is 18.7 Å². The molecule has 0 amide bonds. The van der Waals surface area contributed by atoms with Crippen molar-refractivity contribution in [3.63, 3.8) is 0 Å². The van der Waals surface area contributed by atoms with Crippen molar-refractivity contribution in [1.29, 1.82) is 0 Å². The summed E-state index contributed by atoms with van der Waals surface area (Å²) < 4.78 is 0. The summed E-state index contributed by atoms with van der Waals surface area (Å²) in [7, 11) is 0. The van der Waals surface area contributed by atoms with Crippen molar-refractivity contribution >= 4 is 17.6 Å². The Bertz CT molecular complexity index is 324. The van der Waals surface area contributed by atoms with Crippen LogP contribution in [0.1, 0.15) is 12.6 Å². The van der Waals surface area contributed by atoms with E-state index in [0.29, 0.717) is 0 Å². The first-order valence-electron chi connectivity index (χ1n) is 5.89. The van der Waals surface area contributed by atoms with Crippen molar-refractivity contribution in [3.8, 4) is 0 Å². The van der Waals surface area contributed by atoms with E-state index in [9.17, 15) is 0 Å². The van der Waals surface area contributed by atoms with Crippen molar-refractivity contribution in [2.24, 2.45) is 0 Å². The Labute approximate surface area is 102 Å². The molecule has 88 valence electrons. The molecule has 0 atom stereocenters. The van der Waals surface area contributed by atoms with Gasteiger partial charge in [0, 0.05) is 31.1 Å². The first-order valence-corrected chi connectivity index (χ1v) is 7.05. The van der Waals surface area contributed by atoms with Crippen molar-refractivity contribution in [1.82, 2.24) is 10.3 Å². The fourth-order valence-corrected chi connectivity index (χ4v) is 2.69. The Hall–Kier alpha value is -0.740. The molecule has 0 aliphatic carbocycles. The van der Waals surface area contributed by atoms with Gasteiger partial charge < -0.3 is 10.2 Å². The zero-order valence-electron chi connectivity index (χ0n) is 9.78. The normalized spacial score (nSPS) is 16.4. The van der Waals surface area contributed by atoms with Crippen LogP contribution in [0, 0.1) is 0 Å². The van der Waals surface area contributed by atoms with Crippen molar-refractivity contribution in [2.45, 2.75) is 13.5 Å². The minimum absolute atomic E-state index is 0.868. The molecule has 0 radical (unpaired) electrons. The third kappa shape index (κ3) is 3.12. The number of rotatable bonds is 4. The zero-order valence-corrected chi connectivity index (χ0v) is 10.6. The summed E-state index contributed by atoms with van der Waals surface area (Å²) in [6.45, 7) is 6.23. The van der Waals surface area contributed by atoms with E-state index in [-0.39, 0.29) is 0 Å². The maximum atomic E-state index is 4.69. The van der Waals surface area contributed by atoms with Crippen LogP contribution in [0.5, 0.6) is 0 Å². The van der Waals surface area contributed by atoms with Crippen LogP contribution in [-0.4, -0.2) is 36.1 Å². The second kappa shape index (κ2) is 6.11. The molecule has 1 aliphatic rings. The topological polar surface area (TPSA) is 28.2 Å². The smallest absolute Gasteiger partial charge is 0.128 e. The Morgan fingerprint density at radius 2 is 2.19 bits per heavy atom. The van der Waals surface area contributed by atoms with E-state index in [0.717, 1.165) is 37.7 Å². The molecule has 0 unspecified atom stereocenters. The molecule has 0 aromatic carbocycles. The van der Waals surface area contributed by atoms with Gasteiger partial charge in [0.1, 0.15) is 5.82 Å². The predicted molar refractivity (Wildman–Crippen MR) is 71.2 cm³/mol. The molecule has 0 saturated carbocycles. The van der Waals surface area contributed by atoms with Crippen molar-refractivity contribution in [3.05, 3.63) is 23.9 Å². The minimum Gasteiger partial charge on any atom is -0.355 e. The maximum Gasteiger partial charge on any atom is 0.128 e. The molecule has 1 aliphatic heterocycles. The number of aromatic nitrogens is 1. The predicted octanol–water partition coefficient (Wildman–Crippen LogP) is 1.74. The van der Waals surface area contributed by atoms with Crippen LogP contribution in [0.2, 0.25) is 0 Å². The summed E-state index contributed by atoms with van der Waals surface area (Å²) in [6, 6.07) is 6.31. The van der Waals surface area contributed by atoms with Gasteiger partial charge in [0.2, 0.25) is 0 Å². The van der Waals surface area contributed by atoms with Crippen LogP contribution in [-0.2, 0) is 6.54 Å². The zero-order chi connectivity index (χ0) is 11.2. The molecule has 2 rings (SSSR count). The minimum atomic E-state index is 0.868. The third-order valence-electron chi connectivity index (χ3n) is 2.68. The molecule has 1 N–H and O–H groups in total. The van der Waals surface area contributed by atoms with Gasteiger partial charge in [-0.2, -0.15) is 11.8 Å². The summed E-state index contributed by atoms with van der Waals surface area (Å²) in [5.74, 6) is 3.58. The van der Waals surface area contributed by atoms with Gasteiger partial charge >= 0.3 is 0 Å². The lowest BCUT2D eigenvalue weighted by Gasteiger charge is -2.27. The van der Waals surface area contributed by atoms with E-state index in [1.165, 1.54) is 11.5 Å². The van der Waals surface area contributed by atoms with Crippen LogP contribution in [0.25, 0.3) is 0 Å². The SMILES string of the molecule is CCNCc1cccc(N2CCSCC2)n1. The molecule has 1 saturated heterocycles. The maximum absolute atomic E-state index is 4.69. The van der Waals surface area contributed by atoms with Crippen molar-refractivity contribution < 1.29 is 0 Å². The van der Waals surface area contributed by atoms with Crippen LogP contribution >= 0.6 is 11.8 Å². The van der Waals surface area contributed by atoms with E-state index in [2.05, 4.69) is 40.3 Å². The quantitative estimate of drug-likeness (QED) is 0.863. The van der Waals surface area contributed by atoms with Crippen LogP contribution in [0.15, 0.2) is 18.2 Å². The summed E-state index contributed by atoms with van der Waals surface area (Å²) in [5.41, 5.74) is 1.14. The number of thioether (sulfide) groups is 1. The van der Waals surface area contributed by atoms with E-state index < -0.39 is 0 Å². The van der Waals surface area contributed by atoms with Gasteiger partial charge in [-0.1, -0.05) is 13.0 Å². The highest BCUT2D eigenvalue weighted by Gasteiger charge is 2.12. The molecular formula is C12H19N3S. The number of hydrogen-bond acceptors (Lipinski definition) is 4. The highest BCUT2D eigenvalue weighted by Crippen LogP contribution is 2.17. The number of nitrogens with zero attached hydrogens (tertiary/aromatic N) is 2.